The molecule has 2 amide bonds. The maximum absolute atomic E-state index is 12.8. The van der Waals surface area contributed by atoms with Gasteiger partial charge in [0.2, 0.25) is 0 Å². The number of alkyl halides is 3. The molecule has 0 unspecified atom stereocenters. The lowest BCUT2D eigenvalue weighted by atomic mass is 10.1. The van der Waals surface area contributed by atoms with E-state index in [1.54, 1.807) is 6.07 Å². The third-order valence-electron chi connectivity index (χ3n) is 3.12. The Balaban J connectivity index is 2.43. The highest BCUT2D eigenvalue weighted by Crippen LogP contribution is 2.42. The van der Waals surface area contributed by atoms with Crippen LogP contribution >= 0.6 is 27.5 Å². The third kappa shape index (κ3) is 4.90. The predicted octanol–water partition coefficient (Wildman–Crippen LogP) is 3.86. The molecule has 0 aromatic heterocycles. The molecule has 0 spiro atoms. The Kier molecular flexibility index (Phi) is 5.98. The molecule has 27 heavy (non-hydrogen) atoms. The summed E-state index contributed by atoms with van der Waals surface area (Å²) < 4.78 is 43.7. The summed E-state index contributed by atoms with van der Waals surface area (Å²) in [4.78, 5) is 22.3. The van der Waals surface area contributed by atoms with E-state index >= 15 is 0 Å². The molecule has 2 aromatic carbocycles. The van der Waals surface area contributed by atoms with E-state index in [2.05, 4.69) is 15.9 Å². The lowest BCUT2D eigenvalue weighted by Gasteiger charge is -2.14. The molecule has 0 radical (unpaired) electrons. The van der Waals surface area contributed by atoms with Crippen molar-refractivity contribution in [2.45, 2.75) is 6.18 Å². The fourth-order valence-electron chi connectivity index (χ4n) is 1.97. The molecule has 0 heterocycles. The third-order valence-corrected chi connectivity index (χ3v) is 3.99. The van der Waals surface area contributed by atoms with E-state index in [1.807, 2.05) is 0 Å². The van der Waals surface area contributed by atoms with Gasteiger partial charge in [-0.2, -0.15) is 18.4 Å². The van der Waals surface area contributed by atoms with E-state index in [0.29, 0.717) is 6.07 Å². The van der Waals surface area contributed by atoms with Gasteiger partial charge in [0, 0.05) is 0 Å². The van der Waals surface area contributed by atoms with Crippen LogP contribution in [0.15, 0.2) is 34.8 Å². The van der Waals surface area contributed by atoms with Gasteiger partial charge in [-0.15, -0.1) is 0 Å². The van der Waals surface area contributed by atoms with E-state index in [4.69, 9.17) is 21.6 Å². The molecule has 0 saturated heterocycles. The molecule has 11 heteroatoms. The minimum Gasteiger partial charge on any atom is -0.530 e. The largest absolute Gasteiger partial charge is 0.530 e. The molecule has 0 bridgehead atoms. The summed E-state index contributed by atoms with van der Waals surface area (Å²) in [5.74, 6) is -1.37. The first-order chi connectivity index (χ1) is 12.5. The zero-order valence-electron chi connectivity index (χ0n) is 12.9. The number of amides is 2. The Morgan fingerprint density at radius 2 is 1.93 bits per heavy atom. The maximum atomic E-state index is 12.8. The number of halogens is 5. The smallest absolute Gasteiger partial charge is 0.416 e. The van der Waals surface area contributed by atoms with Crippen LogP contribution in [0.25, 0.3) is 0 Å². The predicted molar refractivity (Wildman–Crippen MR) is 88.2 cm³/mol. The summed E-state index contributed by atoms with van der Waals surface area (Å²) in [6.45, 7) is 0. The van der Waals surface area contributed by atoms with Crippen molar-refractivity contribution in [1.29, 1.82) is 5.26 Å². The molecule has 140 valence electrons. The van der Waals surface area contributed by atoms with Gasteiger partial charge in [0.25, 0.3) is 5.91 Å². The zero-order valence-corrected chi connectivity index (χ0v) is 15.2. The van der Waals surface area contributed by atoms with Crippen LogP contribution in [-0.4, -0.2) is 12.0 Å². The van der Waals surface area contributed by atoms with Crippen LogP contribution in [0.4, 0.5) is 18.0 Å². The number of carbonyl (C=O) groups excluding carboxylic acids is 2. The number of nitrogens with one attached hydrogen (secondary N) is 1. The molecule has 0 aliphatic rings. The first-order valence-electron chi connectivity index (χ1n) is 6.83. The zero-order chi connectivity index (χ0) is 20.4. The minimum atomic E-state index is -4.62. The number of nitriles is 1. The Labute approximate surface area is 163 Å². The second-order valence-electron chi connectivity index (χ2n) is 4.93. The molecule has 0 aliphatic carbocycles. The summed E-state index contributed by atoms with van der Waals surface area (Å²) in [5, 5.41) is 20.6. The van der Waals surface area contributed by atoms with E-state index in [1.165, 1.54) is 17.4 Å². The van der Waals surface area contributed by atoms with Crippen LogP contribution in [0.1, 0.15) is 21.5 Å². The van der Waals surface area contributed by atoms with E-state index < -0.39 is 23.7 Å². The molecule has 2 aromatic rings. The van der Waals surface area contributed by atoms with E-state index in [0.717, 1.165) is 12.1 Å². The van der Waals surface area contributed by atoms with E-state index in [9.17, 15) is 27.9 Å². The van der Waals surface area contributed by atoms with Crippen LogP contribution in [0.5, 0.6) is 11.5 Å². The summed E-state index contributed by atoms with van der Waals surface area (Å²) in [6.07, 6.45) is -6.49. The average Bonchev–Trinajstić information content (AvgIpc) is 2.56. The number of nitrogens with zero attached hydrogens (tertiary/aromatic N) is 1. The number of imide groups is 1. The van der Waals surface area contributed by atoms with Crippen LogP contribution in [0.2, 0.25) is 5.02 Å². The molecule has 2 rings (SSSR count). The van der Waals surface area contributed by atoms with Crippen molar-refractivity contribution in [1.82, 2.24) is 5.32 Å². The van der Waals surface area contributed by atoms with Gasteiger partial charge in [-0.1, -0.05) is 11.6 Å². The molecule has 6 nitrogen and oxygen atoms in total. The van der Waals surface area contributed by atoms with Crippen molar-refractivity contribution in [3.8, 4) is 17.6 Å². The summed E-state index contributed by atoms with van der Waals surface area (Å²) in [6, 6.07) is 6.59. The quantitative estimate of drug-likeness (QED) is 0.746. The van der Waals surface area contributed by atoms with Crippen molar-refractivity contribution in [2.75, 3.05) is 0 Å². The summed E-state index contributed by atoms with van der Waals surface area (Å²) in [5.41, 5.74) is -1.49. The molecular formula is C16H6BrClF3N2O4-. The molecule has 0 aliphatic heterocycles. The van der Waals surface area contributed by atoms with Gasteiger partial charge < -0.3 is 20.0 Å². The second-order valence-corrected chi connectivity index (χ2v) is 6.19. The lowest BCUT2D eigenvalue weighted by molar-refractivity contribution is -0.249. The number of hydrogen-bond donors (Lipinski definition) is 1. The first kappa shape index (κ1) is 20.5. The van der Waals surface area contributed by atoms with Crippen LogP contribution in [0, 0.1) is 11.3 Å². The van der Waals surface area contributed by atoms with Gasteiger partial charge >= 0.3 is 6.18 Å². The summed E-state index contributed by atoms with van der Waals surface area (Å²) in [7, 11) is 0. The summed E-state index contributed by atoms with van der Waals surface area (Å²) >= 11 is 8.78. The number of carboxylic acid groups (broad SMARTS) is 1. The van der Waals surface area contributed by atoms with Crippen LogP contribution in [0.3, 0.4) is 0 Å². The molecule has 0 atom stereocenters. The SMILES string of the molecule is N#Cc1ccc(Oc2c(Cl)cc(C(F)(F)F)cc2Br)cc1C(=O)NC(=O)[O-]. The van der Waals surface area contributed by atoms with Gasteiger partial charge in [-0.3, -0.25) is 4.79 Å². The van der Waals surface area contributed by atoms with Crippen LogP contribution < -0.4 is 15.2 Å². The van der Waals surface area contributed by atoms with Crippen LogP contribution in [-0.2, 0) is 6.18 Å². The number of ether oxygens (including phenoxy) is 1. The lowest BCUT2D eigenvalue weighted by Crippen LogP contribution is -2.40. The minimum absolute atomic E-state index is 0.0696. The normalized spacial score (nSPS) is 10.8. The number of benzene rings is 2. The molecule has 0 saturated carbocycles. The van der Waals surface area contributed by atoms with Crippen molar-refractivity contribution in [3.63, 3.8) is 0 Å². The van der Waals surface area contributed by atoms with Crippen molar-refractivity contribution >= 4 is 39.5 Å². The van der Waals surface area contributed by atoms with Gasteiger partial charge in [-0.05, 0) is 46.3 Å². The van der Waals surface area contributed by atoms with Gasteiger partial charge in [-0.25, -0.2) is 0 Å². The first-order valence-corrected chi connectivity index (χ1v) is 8.00. The number of hydrogen-bond acceptors (Lipinski definition) is 5. The fraction of sp³-hybridized carbons (Fsp3) is 0.0625. The Bertz CT molecular complexity index is 950. The average molecular weight is 463 g/mol. The van der Waals surface area contributed by atoms with Crippen molar-refractivity contribution in [2.24, 2.45) is 0 Å². The highest BCUT2D eigenvalue weighted by atomic mass is 79.9. The van der Waals surface area contributed by atoms with E-state index in [-0.39, 0.29) is 32.1 Å². The molecule has 1 N–H and O–H groups in total. The maximum Gasteiger partial charge on any atom is 0.416 e. The number of rotatable bonds is 3. The fourth-order valence-corrected chi connectivity index (χ4v) is 2.88. The monoisotopic (exact) mass is 461 g/mol. The van der Waals surface area contributed by atoms with Gasteiger partial charge in [0.05, 0.1) is 32.3 Å². The Hall–Kier alpha value is -2.77. The molecular weight excluding hydrogens is 457 g/mol. The molecule has 0 fully saturated rings. The highest BCUT2D eigenvalue weighted by molar-refractivity contribution is 9.10. The standard InChI is InChI=1S/C16H7BrClF3N2O4/c17-11-3-8(16(19,20)21)4-12(18)13(11)27-9-2-1-7(6-22)10(5-9)14(24)23-15(25)26/h1-5H,(H,23,24)(H,25,26)/p-1. The van der Waals surface area contributed by atoms with Crippen molar-refractivity contribution < 1.29 is 32.6 Å². The topological polar surface area (TPSA) is 102 Å². The second kappa shape index (κ2) is 7.85. The highest BCUT2D eigenvalue weighted by Gasteiger charge is 2.32. The van der Waals surface area contributed by atoms with Gasteiger partial charge in [0.15, 0.2) is 5.75 Å². The Morgan fingerprint density at radius 1 is 1.26 bits per heavy atom. The van der Waals surface area contributed by atoms with Crippen molar-refractivity contribution in [3.05, 3.63) is 56.5 Å². The number of carbonyl (C=O) groups is 2. The van der Waals surface area contributed by atoms with Gasteiger partial charge in [0.1, 0.15) is 11.8 Å². The Morgan fingerprint density at radius 3 is 2.44 bits per heavy atom.